The molecule has 4 aliphatic heterocycles. The normalized spacial score (nSPS) is 22.7. The molecule has 40 heavy (non-hydrogen) atoms. The van der Waals surface area contributed by atoms with Gasteiger partial charge in [0.15, 0.2) is 0 Å². The first kappa shape index (κ1) is 27.5. The summed E-state index contributed by atoms with van der Waals surface area (Å²) in [6.45, 7) is 1.25. The first-order valence-electron chi connectivity index (χ1n) is 13.1. The van der Waals surface area contributed by atoms with Gasteiger partial charge in [0, 0.05) is 52.1 Å². The molecular weight excluding hydrogens is 523 g/mol. The lowest BCUT2D eigenvalue weighted by molar-refractivity contribution is -0.135. The number of dihydropyridines is 1. The van der Waals surface area contributed by atoms with Gasteiger partial charge in [0.25, 0.3) is 17.7 Å². The standard InChI is InChI=1S/C28H31FN4O7/c1-38-12-9-30-26(35)21-24(34)22-23-25(17(14-31-22)13-16-3-5-18(29)6-4-16)40-20(15-33(23)28(21)37)27(36)32-10-7-19(39-2)8-11-32/h3-6,14-15,19,22-23,34H,7-13H2,1-2H3,(H,30,35). The summed E-state index contributed by atoms with van der Waals surface area (Å²) in [6, 6.07) is 4.00. The van der Waals surface area contributed by atoms with Crippen LogP contribution in [0.15, 0.2) is 63.9 Å². The molecule has 1 fully saturated rings. The Labute approximate surface area is 230 Å². The van der Waals surface area contributed by atoms with Crippen LogP contribution in [0.1, 0.15) is 18.4 Å². The second-order valence-corrected chi connectivity index (χ2v) is 9.90. The van der Waals surface area contributed by atoms with Crippen LogP contribution in [0, 0.1) is 5.82 Å². The van der Waals surface area contributed by atoms with E-state index in [0.29, 0.717) is 31.5 Å². The molecule has 2 atom stereocenters. The number of rotatable bonds is 8. The van der Waals surface area contributed by atoms with Crippen molar-refractivity contribution in [1.29, 1.82) is 0 Å². The summed E-state index contributed by atoms with van der Waals surface area (Å²) in [4.78, 5) is 47.5. The van der Waals surface area contributed by atoms with Gasteiger partial charge in [0.05, 0.1) is 18.9 Å². The maximum absolute atomic E-state index is 13.7. The summed E-state index contributed by atoms with van der Waals surface area (Å²) in [5.74, 6) is -2.64. The molecule has 0 saturated carbocycles. The fourth-order valence-electron chi connectivity index (χ4n) is 5.27. The highest BCUT2D eigenvalue weighted by Crippen LogP contribution is 2.39. The zero-order valence-corrected chi connectivity index (χ0v) is 22.3. The number of carbonyl (C=O) groups excluding carboxylic acids is 3. The van der Waals surface area contributed by atoms with Gasteiger partial charge in [-0.1, -0.05) is 12.1 Å². The van der Waals surface area contributed by atoms with Crippen LogP contribution in [0.25, 0.3) is 0 Å². The van der Waals surface area contributed by atoms with Gasteiger partial charge in [0.2, 0.25) is 5.76 Å². The monoisotopic (exact) mass is 554 g/mol. The molecule has 11 nitrogen and oxygen atoms in total. The van der Waals surface area contributed by atoms with Crippen molar-refractivity contribution in [3.8, 4) is 0 Å². The second-order valence-electron chi connectivity index (χ2n) is 9.90. The van der Waals surface area contributed by atoms with Gasteiger partial charge >= 0.3 is 0 Å². The smallest absolute Gasteiger partial charge is 0.291 e. The van der Waals surface area contributed by atoms with Crippen molar-refractivity contribution in [3.63, 3.8) is 0 Å². The highest BCUT2D eigenvalue weighted by atomic mass is 19.1. The number of piperidine rings is 1. The Kier molecular flexibility index (Phi) is 7.99. The van der Waals surface area contributed by atoms with Gasteiger partial charge in [-0.3, -0.25) is 24.3 Å². The van der Waals surface area contributed by atoms with Crippen molar-refractivity contribution in [2.45, 2.75) is 37.5 Å². The molecule has 1 saturated heterocycles. The van der Waals surface area contributed by atoms with Crippen molar-refractivity contribution in [2.24, 2.45) is 4.99 Å². The van der Waals surface area contributed by atoms with Gasteiger partial charge < -0.3 is 29.5 Å². The molecule has 0 aliphatic carbocycles. The lowest BCUT2D eigenvalue weighted by atomic mass is 9.87. The third kappa shape index (κ3) is 5.24. The van der Waals surface area contributed by atoms with Crippen LogP contribution in [-0.2, 0) is 35.0 Å². The van der Waals surface area contributed by atoms with E-state index in [2.05, 4.69) is 10.3 Å². The SMILES string of the molecule is COCCNC(=O)C1=C(O)C2N=CC(Cc3ccc(F)cc3)=C3OC(C(=O)N4CCC(OC)CC4)=CN(C1=O)C32. The fraction of sp³-hybridized carbons (Fsp3) is 0.429. The number of nitrogens with zero attached hydrogens (tertiary/aromatic N) is 3. The minimum absolute atomic E-state index is 0.0611. The number of halogens is 1. The Bertz CT molecular complexity index is 1310. The molecule has 2 unspecified atom stereocenters. The molecule has 0 aromatic heterocycles. The van der Waals surface area contributed by atoms with Crippen molar-refractivity contribution in [3.05, 3.63) is 70.3 Å². The Hall–Kier alpha value is -4.03. The van der Waals surface area contributed by atoms with Gasteiger partial charge in [0.1, 0.15) is 35.0 Å². The Morgan fingerprint density at radius 1 is 1.20 bits per heavy atom. The van der Waals surface area contributed by atoms with Crippen LogP contribution in [0.3, 0.4) is 0 Å². The number of aliphatic imine (C=N–C) groups is 1. The second kappa shape index (κ2) is 11.6. The molecule has 1 aromatic carbocycles. The molecule has 0 radical (unpaired) electrons. The molecule has 3 amide bonds. The number of aliphatic hydroxyl groups excluding tert-OH is 1. The van der Waals surface area contributed by atoms with E-state index in [1.807, 2.05) is 0 Å². The van der Waals surface area contributed by atoms with Crippen LogP contribution >= 0.6 is 0 Å². The average Bonchev–Trinajstić information content (AvgIpc) is 2.97. The van der Waals surface area contributed by atoms with E-state index >= 15 is 0 Å². The third-order valence-corrected chi connectivity index (χ3v) is 7.44. The summed E-state index contributed by atoms with van der Waals surface area (Å²) in [5, 5.41) is 13.6. The fourth-order valence-corrected chi connectivity index (χ4v) is 5.27. The largest absolute Gasteiger partial charge is 0.509 e. The number of benzene rings is 1. The number of amides is 3. The molecule has 5 rings (SSSR count). The summed E-state index contributed by atoms with van der Waals surface area (Å²) >= 11 is 0. The van der Waals surface area contributed by atoms with Crippen molar-refractivity contribution >= 4 is 23.9 Å². The van der Waals surface area contributed by atoms with E-state index in [4.69, 9.17) is 14.2 Å². The summed E-state index contributed by atoms with van der Waals surface area (Å²) in [7, 11) is 3.11. The highest BCUT2D eigenvalue weighted by molar-refractivity contribution is 6.20. The first-order chi connectivity index (χ1) is 19.3. The van der Waals surface area contributed by atoms with Crippen LogP contribution in [-0.4, -0.2) is 97.5 Å². The average molecular weight is 555 g/mol. The molecule has 12 heteroatoms. The number of hydrogen-bond acceptors (Lipinski definition) is 8. The van der Waals surface area contributed by atoms with Gasteiger partial charge in [-0.2, -0.15) is 0 Å². The molecular formula is C28H31FN4O7. The van der Waals surface area contributed by atoms with Crippen molar-refractivity contribution < 1.29 is 38.1 Å². The van der Waals surface area contributed by atoms with E-state index < -0.39 is 41.1 Å². The zero-order chi connectivity index (χ0) is 28.4. The predicted octanol–water partition coefficient (Wildman–Crippen LogP) is 1.37. The Morgan fingerprint density at radius 3 is 2.60 bits per heavy atom. The van der Waals surface area contributed by atoms with E-state index in [1.54, 1.807) is 24.1 Å². The molecule has 2 N–H and O–H groups in total. The molecule has 4 heterocycles. The maximum Gasteiger partial charge on any atom is 0.291 e. The van der Waals surface area contributed by atoms with E-state index in [9.17, 15) is 23.9 Å². The van der Waals surface area contributed by atoms with Crippen molar-refractivity contribution in [1.82, 2.24) is 15.1 Å². The zero-order valence-electron chi connectivity index (χ0n) is 22.3. The maximum atomic E-state index is 13.7. The summed E-state index contributed by atoms with van der Waals surface area (Å²) in [5.41, 5.74) is 0.859. The highest BCUT2D eigenvalue weighted by Gasteiger charge is 2.51. The molecule has 0 spiro atoms. The van der Waals surface area contributed by atoms with Crippen LogP contribution < -0.4 is 5.32 Å². The first-order valence-corrected chi connectivity index (χ1v) is 13.1. The van der Waals surface area contributed by atoms with Crippen molar-refractivity contribution in [2.75, 3.05) is 40.5 Å². The van der Waals surface area contributed by atoms with Crippen LogP contribution in [0.2, 0.25) is 0 Å². The predicted molar refractivity (Wildman–Crippen MR) is 140 cm³/mol. The number of allylic oxidation sites excluding steroid dienone is 1. The molecule has 4 aliphatic rings. The number of nitrogens with one attached hydrogen (secondary N) is 1. The Morgan fingerprint density at radius 2 is 1.93 bits per heavy atom. The summed E-state index contributed by atoms with van der Waals surface area (Å²) in [6.07, 6.45) is 4.46. The number of likely N-dealkylation sites (tertiary alicyclic amines) is 1. The Balaban J connectivity index is 1.52. The number of aliphatic hydroxyl groups is 1. The van der Waals surface area contributed by atoms with Crippen LogP contribution in [0.4, 0.5) is 4.39 Å². The molecule has 1 aromatic rings. The minimum Gasteiger partial charge on any atom is -0.509 e. The van der Waals surface area contributed by atoms with Gasteiger partial charge in [-0.25, -0.2) is 4.39 Å². The summed E-state index contributed by atoms with van der Waals surface area (Å²) < 4.78 is 30.0. The minimum atomic E-state index is -1.02. The number of hydrogen-bond donors (Lipinski definition) is 2. The quantitative estimate of drug-likeness (QED) is 0.367. The topological polar surface area (TPSA) is 130 Å². The number of carbonyl (C=O) groups is 3. The van der Waals surface area contributed by atoms with E-state index in [1.165, 1.54) is 36.6 Å². The molecule has 212 valence electrons. The lowest BCUT2D eigenvalue weighted by Gasteiger charge is -2.44. The van der Waals surface area contributed by atoms with E-state index in [0.717, 1.165) is 5.56 Å². The number of ether oxygens (including phenoxy) is 3. The third-order valence-electron chi connectivity index (χ3n) is 7.44. The van der Waals surface area contributed by atoms with Gasteiger partial charge in [-0.15, -0.1) is 0 Å². The van der Waals surface area contributed by atoms with E-state index in [-0.39, 0.29) is 43.0 Å². The number of methoxy groups -OCH3 is 2. The molecule has 0 bridgehead atoms. The lowest BCUT2D eigenvalue weighted by Crippen LogP contribution is -2.56. The van der Waals surface area contributed by atoms with Crippen LogP contribution in [0.5, 0.6) is 0 Å². The van der Waals surface area contributed by atoms with Gasteiger partial charge in [-0.05, 0) is 30.5 Å².